The van der Waals surface area contributed by atoms with E-state index in [4.69, 9.17) is 0 Å². The van der Waals surface area contributed by atoms with Crippen molar-refractivity contribution in [3.05, 3.63) is 23.9 Å². The van der Waals surface area contributed by atoms with Gasteiger partial charge >= 0.3 is 6.18 Å². The molecule has 1 unspecified atom stereocenters. The third-order valence-electron chi connectivity index (χ3n) is 3.13. The number of amides is 1. The van der Waals surface area contributed by atoms with Crippen molar-refractivity contribution in [3.63, 3.8) is 0 Å². The number of alkyl halides is 3. The van der Waals surface area contributed by atoms with E-state index in [1.54, 1.807) is 23.9 Å². The number of hydrogen-bond donors (Lipinski definition) is 2. The van der Waals surface area contributed by atoms with Crippen LogP contribution in [0.25, 0.3) is 0 Å². The van der Waals surface area contributed by atoms with Crippen LogP contribution >= 0.6 is 11.8 Å². The van der Waals surface area contributed by atoms with Crippen LogP contribution in [0.1, 0.15) is 12.0 Å². The largest absolute Gasteiger partial charge is 0.468 e. The monoisotopic (exact) mass is 349 g/mol. The summed E-state index contributed by atoms with van der Waals surface area (Å²) in [5.41, 5.74) is 0.413. The highest BCUT2D eigenvalue weighted by Gasteiger charge is 2.29. The van der Waals surface area contributed by atoms with E-state index in [0.717, 1.165) is 18.1 Å². The van der Waals surface area contributed by atoms with Crippen LogP contribution in [0.5, 0.6) is 5.88 Å². The van der Waals surface area contributed by atoms with Gasteiger partial charge in [-0.1, -0.05) is 6.07 Å². The molecule has 128 valence electrons. The Morgan fingerprint density at radius 3 is 3.04 bits per heavy atom. The summed E-state index contributed by atoms with van der Waals surface area (Å²) in [4.78, 5) is 15.7. The molecule has 0 aromatic carbocycles. The number of rotatable bonds is 6. The zero-order valence-electron chi connectivity index (χ0n) is 12.4. The summed E-state index contributed by atoms with van der Waals surface area (Å²) in [7, 11) is 0. The molecule has 1 fully saturated rings. The Labute approximate surface area is 136 Å². The molecule has 1 amide bonds. The normalized spacial score (nSPS) is 18.5. The Morgan fingerprint density at radius 1 is 1.52 bits per heavy atom. The number of thioether (sulfide) groups is 1. The Kier molecular flexibility index (Phi) is 6.52. The first-order valence-electron chi connectivity index (χ1n) is 7.15. The molecule has 1 saturated heterocycles. The van der Waals surface area contributed by atoms with E-state index in [2.05, 4.69) is 20.4 Å². The predicted molar refractivity (Wildman–Crippen MR) is 81.4 cm³/mol. The zero-order chi connectivity index (χ0) is 16.7. The number of nitrogens with zero attached hydrogens (tertiary/aromatic N) is 1. The van der Waals surface area contributed by atoms with Gasteiger partial charge in [0.1, 0.15) is 0 Å². The lowest BCUT2D eigenvalue weighted by atomic mass is 10.2. The van der Waals surface area contributed by atoms with Gasteiger partial charge in [0.2, 0.25) is 11.8 Å². The molecule has 1 aromatic heterocycles. The molecule has 1 aliphatic heterocycles. The van der Waals surface area contributed by atoms with Gasteiger partial charge in [0, 0.05) is 48.8 Å². The molecular weight excluding hydrogens is 331 g/mol. The Morgan fingerprint density at radius 2 is 2.35 bits per heavy atom. The Bertz CT molecular complexity index is 522. The maximum absolute atomic E-state index is 12.2. The fraction of sp³-hybridized carbons (Fsp3) is 0.571. The summed E-state index contributed by atoms with van der Waals surface area (Å²) in [6, 6.07) is 3.29. The minimum absolute atomic E-state index is 0.0831. The van der Waals surface area contributed by atoms with Crippen LogP contribution in [0.15, 0.2) is 18.3 Å². The Balaban J connectivity index is 1.83. The van der Waals surface area contributed by atoms with Gasteiger partial charge in [0.15, 0.2) is 6.61 Å². The van der Waals surface area contributed by atoms with Crippen LogP contribution in [0.2, 0.25) is 0 Å². The lowest BCUT2D eigenvalue weighted by Gasteiger charge is -2.22. The second kappa shape index (κ2) is 8.39. The number of carbonyl (C=O) groups excluding carboxylic acids is 1. The second-order valence-corrected chi connectivity index (χ2v) is 6.23. The minimum Gasteiger partial charge on any atom is -0.468 e. The second-order valence-electron chi connectivity index (χ2n) is 5.08. The van der Waals surface area contributed by atoms with Crippen LogP contribution in [0, 0.1) is 0 Å². The summed E-state index contributed by atoms with van der Waals surface area (Å²) in [5.74, 6) is 1.64. The molecule has 5 nitrogen and oxygen atoms in total. The molecule has 0 spiro atoms. The average molecular weight is 349 g/mol. The van der Waals surface area contributed by atoms with Crippen molar-refractivity contribution in [2.24, 2.45) is 0 Å². The van der Waals surface area contributed by atoms with Crippen molar-refractivity contribution in [3.8, 4) is 5.88 Å². The van der Waals surface area contributed by atoms with Crippen molar-refractivity contribution in [1.82, 2.24) is 15.6 Å². The summed E-state index contributed by atoms with van der Waals surface area (Å²) in [6.45, 7) is -0.450. The van der Waals surface area contributed by atoms with Gasteiger partial charge in [-0.15, -0.1) is 0 Å². The van der Waals surface area contributed by atoms with Gasteiger partial charge in [-0.05, 0) is 6.07 Å². The van der Waals surface area contributed by atoms with Gasteiger partial charge in [-0.25, -0.2) is 4.98 Å². The number of aromatic nitrogens is 1. The van der Waals surface area contributed by atoms with Crippen molar-refractivity contribution in [2.75, 3.05) is 24.7 Å². The van der Waals surface area contributed by atoms with Crippen molar-refractivity contribution in [1.29, 1.82) is 0 Å². The van der Waals surface area contributed by atoms with Crippen molar-refractivity contribution in [2.45, 2.75) is 25.2 Å². The number of ether oxygens (including phenoxy) is 1. The maximum Gasteiger partial charge on any atom is 0.422 e. The maximum atomic E-state index is 12.2. The van der Waals surface area contributed by atoms with Gasteiger partial charge in [-0.2, -0.15) is 24.9 Å². The molecular formula is C14H18F3N3O2S. The van der Waals surface area contributed by atoms with E-state index in [1.807, 2.05) is 0 Å². The van der Waals surface area contributed by atoms with Crippen LogP contribution in [0.4, 0.5) is 13.2 Å². The van der Waals surface area contributed by atoms with E-state index in [1.165, 1.54) is 6.20 Å². The van der Waals surface area contributed by atoms with Crippen LogP contribution in [0.3, 0.4) is 0 Å². The molecule has 0 aliphatic carbocycles. The molecule has 1 atom stereocenters. The van der Waals surface area contributed by atoms with Crippen molar-refractivity contribution >= 4 is 17.7 Å². The number of hydrogen-bond acceptors (Lipinski definition) is 5. The summed E-state index contributed by atoms with van der Waals surface area (Å²) < 4.78 is 41.3. The molecule has 1 aliphatic rings. The van der Waals surface area contributed by atoms with Gasteiger partial charge in [-0.3, -0.25) is 4.79 Å². The smallest absolute Gasteiger partial charge is 0.422 e. The van der Waals surface area contributed by atoms with E-state index >= 15 is 0 Å². The summed E-state index contributed by atoms with van der Waals surface area (Å²) in [6.07, 6.45) is -2.74. The molecule has 0 bridgehead atoms. The molecule has 2 N–H and O–H groups in total. The SMILES string of the molecule is O=C(CC1CSCCN1)NCc1cccnc1OCC(F)(F)F. The third-order valence-corrected chi connectivity index (χ3v) is 4.26. The highest BCUT2D eigenvalue weighted by molar-refractivity contribution is 7.99. The van der Waals surface area contributed by atoms with Gasteiger partial charge in [0.05, 0.1) is 0 Å². The fourth-order valence-corrected chi connectivity index (χ4v) is 3.03. The standard InChI is InChI=1S/C14H18F3N3O2S/c15-14(16,17)9-22-13-10(2-1-3-19-13)7-20-12(21)6-11-8-23-5-4-18-11/h1-3,11,18H,4-9H2,(H,20,21). The van der Waals surface area contributed by atoms with Gasteiger partial charge < -0.3 is 15.4 Å². The van der Waals surface area contributed by atoms with Crippen LogP contribution in [-0.2, 0) is 11.3 Å². The number of halogens is 3. The number of carbonyl (C=O) groups is 1. The lowest BCUT2D eigenvalue weighted by molar-refractivity contribution is -0.154. The molecule has 9 heteroatoms. The molecule has 0 radical (unpaired) electrons. The fourth-order valence-electron chi connectivity index (χ4n) is 2.08. The average Bonchev–Trinajstić information content (AvgIpc) is 2.52. The van der Waals surface area contributed by atoms with E-state index in [0.29, 0.717) is 12.0 Å². The highest BCUT2D eigenvalue weighted by Crippen LogP contribution is 2.20. The van der Waals surface area contributed by atoms with E-state index in [-0.39, 0.29) is 24.4 Å². The first-order chi connectivity index (χ1) is 10.9. The number of nitrogens with one attached hydrogen (secondary N) is 2. The van der Waals surface area contributed by atoms with E-state index in [9.17, 15) is 18.0 Å². The molecule has 1 aromatic rings. The van der Waals surface area contributed by atoms with Crippen LogP contribution in [-0.4, -0.2) is 47.8 Å². The summed E-state index contributed by atoms with van der Waals surface area (Å²) in [5, 5.41) is 5.95. The van der Waals surface area contributed by atoms with Crippen LogP contribution < -0.4 is 15.4 Å². The lowest BCUT2D eigenvalue weighted by Crippen LogP contribution is -2.41. The van der Waals surface area contributed by atoms with E-state index < -0.39 is 12.8 Å². The quantitative estimate of drug-likeness (QED) is 0.819. The summed E-state index contributed by atoms with van der Waals surface area (Å²) >= 11 is 1.79. The van der Waals surface area contributed by atoms with Crippen molar-refractivity contribution < 1.29 is 22.7 Å². The Hall–Kier alpha value is -1.48. The third kappa shape index (κ3) is 6.66. The van der Waals surface area contributed by atoms with Gasteiger partial charge in [0.25, 0.3) is 0 Å². The highest BCUT2D eigenvalue weighted by atomic mass is 32.2. The zero-order valence-corrected chi connectivity index (χ0v) is 13.2. The molecule has 2 heterocycles. The molecule has 2 rings (SSSR count). The predicted octanol–water partition coefficient (Wildman–Crippen LogP) is 1.73. The molecule has 23 heavy (non-hydrogen) atoms. The first-order valence-corrected chi connectivity index (χ1v) is 8.31. The molecule has 0 saturated carbocycles. The first kappa shape index (κ1) is 17.9. The topological polar surface area (TPSA) is 63.2 Å². The number of pyridine rings is 1. The minimum atomic E-state index is -4.43.